The van der Waals surface area contributed by atoms with E-state index in [4.69, 9.17) is 37.9 Å². The van der Waals surface area contributed by atoms with Crippen molar-refractivity contribution in [3.05, 3.63) is 60.2 Å². The summed E-state index contributed by atoms with van der Waals surface area (Å²) in [6.45, 7) is 3.12. The highest BCUT2D eigenvalue weighted by molar-refractivity contribution is 5.79. The Morgan fingerprint density at radius 1 is 0.736 bits per heavy atom. The summed E-state index contributed by atoms with van der Waals surface area (Å²) in [7, 11) is 0. The minimum absolute atomic E-state index is 0.00270. The van der Waals surface area contributed by atoms with Crippen molar-refractivity contribution >= 4 is 5.78 Å². The third-order valence-electron chi connectivity index (χ3n) is 11.3. The highest BCUT2D eigenvalue weighted by Gasteiger charge is 2.45. The van der Waals surface area contributed by atoms with E-state index in [9.17, 15) is 4.79 Å². The number of hydrogen-bond donors (Lipinski definition) is 0. The van der Waals surface area contributed by atoms with E-state index in [1.54, 1.807) is 0 Å². The van der Waals surface area contributed by atoms with Gasteiger partial charge >= 0.3 is 0 Å². The summed E-state index contributed by atoms with van der Waals surface area (Å²) < 4.78 is 49.8. The van der Waals surface area contributed by atoms with E-state index >= 15 is 0 Å². The van der Waals surface area contributed by atoms with Crippen molar-refractivity contribution in [3.8, 4) is 0 Å². The van der Waals surface area contributed by atoms with Crippen molar-refractivity contribution < 1.29 is 42.7 Å². The van der Waals surface area contributed by atoms with Crippen LogP contribution in [-0.4, -0.2) is 82.3 Å². The zero-order valence-corrected chi connectivity index (χ0v) is 32.0. The minimum Gasteiger partial charge on any atom is -0.353 e. The molecule has 1 saturated carbocycles. The van der Waals surface area contributed by atoms with E-state index in [0.717, 1.165) is 142 Å². The van der Waals surface area contributed by atoms with Crippen LogP contribution in [0.4, 0.5) is 0 Å². The second kappa shape index (κ2) is 23.2. The Labute approximate surface area is 318 Å². The predicted molar refractivity (Wildman–Crippen MR) is 203 cm³/mol. The zero-order valence-electron chi connectivity index (χ0n) is 32.0. The fourth-order valence-electron chi connectivity index (χ4n) is 8.31. The van der Waals surface area contributed by atoms with Gasteiger partial charge in [-0.05, 0) is 121 Å². The Hall–Kier alpha value is -1.95. The number of ether oxygens (including phenoxy) is 8. The summed E-state index contributed by atoms with van der Waals surface area (Å²) in [5.74, 6) is 0.463. The van der Waals surface area contributed by atoms with Crippen LogP contribution in [0.1, 0.15) is 121 Å². The van der Waals surface area contributed by atoms with Gasteiger partial charge in [0.05, 0.1) is 18.3 Å². The van der Waals surface area contributed by atoms with Crippen LogP contribution in [0, 0.1) is 11.8 Å². The molecule has 0 spiro atoms. The van der Waals surface area contributed by atoms with Crippen molar-refractivity contribution in [2.75, 3.05) is 33.0 Å². The first-order valence-electron chi connectivity index (χ1n) is 21.1. The molecule has 4 heterocycles. The summed E-state index contributed by atoms with van der Waals surface area (Å²) in [4.78, 5) is 12.5. The van der Waals surface area contributed by atoms with Gasteiger partial charge in [-0.15, -0.1) is 0 Å². The van der Waals surface area contributed by atoms with Crippen LogP contribution in [0.3, 0.4) is 0 Å². The third kappa shape index (κ3) is 14.3. The quantitative estimate of drug-likeness (QED) is 0.0962. The summed E-state index contributed by atoms with van der Waals surface area (Å²) in [6, 6.07) is 10.7. The number of unbranched alkanes of at least 4 members (excludes halogenated alkanes) is 1. The van der Waals surface area contributed by atoms with E-state index in [1.807, 2.05) is 0 Å². The van der Waals surface area contributed by atoms with Crippen molar-refractivity contribution in [3.63, 3.8) is 0 Å². The maximum atomic E-state index is 12.5. The molecule has 6 rings (SSSR count). The number of carbonyl (C=O) groups excluding carboxylic acids is 1. The standard InChI is InChI=1S/C44H66O9/c45-35(33-50-41-20-8-12-28-46-41)18-6-1-2-7-19-37-38(27-26-36(51-42-21-9-13-29-47-42)25-24-34-16-4-3-5-17-34)40(53-44-23-11-15-31-49-44)32-39(37)52-43-22-10-14-30-48-43/h2-5,7,16-17,26-27,36-44H,1,6,8-15,18-25,28-33H2/t36-,37+,38+,39-,40+,41?,42?,43?,44?/m0/s1. The molecule has 9 atom stereocenters. The van der Waals surface area contributed by atoms with Gasteiger partial charge in [0.1, 0.15) is 6.61 Å². The van der Waals surface area contributed by atoms with Gasteiger partial charge in [-0.1, -0.05) is 54.6 Å². The highest BCUT2D eigenvalue weighted by atomic mass is 16.7. The smallest absolute Gasteiger partial charge is 0.158 e. The molecule has 1 aromatic carbocycles. The van der Waals surface area contributed by atoms with Crippen molar-refractivity contribution in [2.45, 2.75) is 165 Å². The molecule has 1 aliphatic carbocycles. The lowest BCUT2D eigenvalue weighted by Crippen LogP contribution is -2.31. The zero-order chi connectivity index (χ0) is 36.3. The molecule has 0 bridgehead atoms. The first-order valence-corrected chi connectivity index (χ1v) is 21.1. The lowest BCUT2D eigenvalue weighted by atomic mass is 9.89. The van der Waals surface area contributed by atoms with Crippen LogP contribution in [0.15, 0.2) is 54.6 Å². The van der Waals surface area contributed by atoms with Gasteiger partial charge < -0.3 is 37.9 Å². The molecule has 1 aromatic rings. The second-order valence-electron chi connectivity index (χ2n) is 15.5. The highest BCUT2D eigenvalue weighted by Crippen LogP contribution is 2.42. The fraction of sp³-hybridized carbons (Fsp3) is 0.750. The first-order chi connectivity index (χ1) is 26.2. The number of ketones is 1. The van der Waals surface area contributed by atoms with Gasteiger partial charge in [-0.3, -0.25) is 4.79 Å². The van der Waals surface area contributed by atoms with E-state index < -0.39 is 0 Å². The van der Waals surface area contributed by atoms with Crippen molar-refractivity contribution in [1.29, 1.82) is 0 Å². The van der Waals surface area contributed by atoms with Crippen LogP contribution in [0.2, 0.25) is 0 Å². The Morgan fingerprint density at radius 2 is 1.36 bits per heavy atom. The molecule has 0 amide bonds. The summed E-state index contributed by atoms with van der Waals surface area (Å²) >= 11 is 0. The number of hydrogen-bond acceptors (Lipinski definition) is 9. The SMILES string of the molecule is O=C(CCCC=CC[C@@H]1[C@@H](C=C[C@H](CCc2ccccc2)OC2CCCCO2)[C@H](OC2CCCCO2)C[C@@H]1OC1CCCCO1)COC1CCCCO1. The molecule has 5 fully saturated rings. The molecule has 0 radical (unpaired) electrons. The van der Waals surface area contributed by atoms with E-state index in [2.05, 4.69) is 54.6 Å². The molecule has 53 heavy (non-hydrogen) atoms. The van der Waals surface area contributed by atoms with Gasteiger partial charge in [0.2, 0.25) is 0 Å². The van der Waals surface area contributed by atoms with Gasteiger partial charge in [0, 0.05) is 45.2 Å². The average Bonchev–Trinajstić information content (AvgIpc) is 3.52. The molecule has 4 unspecified atom stereocenters. The Morgan fingerprint density at radius 3 is 2.00 bits per heavy atom. The monoisotopic (exact) mass is 738 g/mol. The molecule has 9 heteroatoms. The second-order valence-corrected chi connectivity index (χ2v) is 15.5. The largest absolute Gasteiger partial charge is 0.353 e. The van der Waals surface area contributed by atoms with Crippen molar-refractivity contribution in [2.24, 2.45) is 11.8 Å². The summed E-state index contributed by atoms with van der Waals surface area (Å²) in [5.41, 5.74) is 1.31. The fourth-order valence-corrected chi connectivity index (χ4v) is 8.31. The Balaban J connectivity index is 1.12. The minimum atomic E-state index is -0.223. The number of carbonyl (C=O) groups is 1. The number of Topliss-reactive ketones (excluding diaryl/α,β-unsaturated/α-hetero) is 1. The number of rotatable bonds is 20. The third-order valence-corrected chi connectivity index (χ3v) is 11.3. The summed E-state index contributed by atoms with van der Waals surface area (Å²) in [6.07, 6.45) is 26.4. The molecular weight excluding hydrogens is 672 g/mol. The molecular formula is C44H66O9. The molecule has 0 N–H and O–H groups in total. The van der Waals surface area contributed by atoms with Gasteiger partial charge in [0.15, 0.2) is 30.9 Å². The van der Waals surface area contributed by atoms with Crippen LogP contribution in [-0.2, 0) is 49.1 Å². The van der Waals surface area contributed by atoms with Crippen LogP contribution in [0.25, 0.3) is 0 Å². The Bertz CT molecular complexity index is 1200. The molecule has 5 aliphatic rings. The van der Waals surface area contributed by atoms with Gasteiger partial charge in [0.25, 0.3) is 0 Å². The van der Waals surface area contributed by atoms with Crippen LogP contribution in [0.5, 0.6) is 0 Å². The molecule has 296 valence electrons. The maximum absolute atomic E-state index is 12.5. The molecule has 4 saturated heterocycles. The number of allylic oxidation sites excluding steroid dienone is 2. The molecule has 9 nitrogen and oxygen atoms in total. The Kier molecular flexibility index (Phi) is 17.8. The van der Waals surface area contributed by atoms with Gasteiger partial charge in [-0.2, -0.15) is 0 Å². The number of aryl methyl sites for hydroxylation is 1. The molecule has 0 aromatic heterocycles. The van der Waals surface area contributed by atoms with E-state index in [0.29, 0.717) is 6.42 Å². The predicted octanol–water partition coefficient (Wildman–Crippen LogP) is 8.78. The summed E-state index contributed by atoms with van der Waals surface area (Å²) in [5, 5.41) is 0. The van der Waals surface area contributed by atoms with E-state index in [1.165, 1.54) is 5.56 Å². The normalized spacial score (nSPS) is 32.0. The van der Waals surface area contributed by atoms with Crippen molar-refractivity contribution in [1.82, 2.24) is 0 Å². The number of benzene rings is 1. The first kappa shape index (κ1) is 40.7. The van der Waals surface area contributed by atoms with Crippen LogP contribution < -0.4 is 0 Å². The lowest BCUT2D eigenvalue weighted by Gasteiger charge is -2.30. The topological polar surface area (TPSA) is 90.9 Å². The van der Waals surface area contributed by atoms with Gasteiger partial charge in [-0.25, -0.2) is 0 Å². The van der Waals surface area contributed by atoms with Crippen LogP contribution >= 0.6 is 0 Å². The molecule has 4 aliphatic heterocycles. The maximum Gasteiger partial charge on any atom is 0.158 e. The lowest BCUT2D eigenvalue weighted by molar-refractivity contribution is -0.203. The van der Waals surface area contributed by atoms with E-state index in [-0.39, 0.29) is 67.7 Å². The average molecular weight is 739 g/mol.